The fourth-order valence-electron chi connectivity index (χ4n) is 2.45. The summed E-state index contributed by atoms with van der Waals surface area (Å²) in [5.74, 6) is 1.85. The van der Waals surface area contributed by atoms with E-state index in [1.165, 1.54) is 0 Å². The average molecular weight is 435 g/mol. The van der Waals surface area contributed by atoms with Crippen LogP contribution in [0.5, 0.6) is 0 Å². The number of ether oxygens (including phenoxy) is 1. The van der Waals surface area contributed by atoms with Crippen LogP contribution in [0.25, 0.3) is 0 Å². The summed E-state index contributed by atoms with van der Waals surface area (Å²) in [6.07, 6.45) is 5.83. The first kappa shape index (κ1) is 20.3. The molecule has 1 aliphatic rings. The molecule has 2 heterocycles. The number of guanidine groups is 1. The lowest BCUT2D eigenvalue weighted by atomic mass is 10.0. The number of aliphatic imine (C=N–C) groups is 1. The van der Waals surface area contributed by atoms with Crippen molar-refractivity contribution >= 4 is 29.9 Å². The highest BCUT2D eigenvalue weighted by molar-refractivity contribution is 14.0. The van der Waals surface area contributed by atoms with E-state index in [9.17, 15) is 0 Å². The first-order valence-electron chi connectivity index (χ1n) is 8.32. The largest absolute Gasteiger partial charge is 0.469 e. The third-order valence-electron chi connectivity index (χ3n) is 4.11. The maximum atomic E-state index is 5.81. The van der Waals surface area contributed by atoms with Crippen molar-refractivity contribution in [2.45, 2.75) is 58.1 Å². The summed E-state index contributed by atoms with van der Waals surface area (Å²) in [5, 5.41) is 6.83. The maximum absolute atomic E-state index is 5.81. The summed E-state index contributed by atoms with van der Waals surface area (Å²) in [6, 6.07) is 4.31. The van der Waals surface area contributed by atoms with Crippen molar-refractivity contribution in [2.24, 2.45) is 4.99 Å². The molecule has 2 rings (SSSR count). The van der Waals surface area contributed by atoms with Gasteiger partial charge in [0.15, 0.2) is 5.96 Å². The van der Waals surface area contributed by atoms with Gasteiger partial charge in [0, 0.05) is 25.6 Å². The molecule has 5 nitrogen and oxygen atoms in total. The van der Waals surface area contributed by atoms with Crippen molar-refractivity contribution < 1.29 is 9.15 Å². The number of nitrogens with one attached hydrogen (secondary N) is 2. The van der Waals surface area contributed by atoms with Crippen molar-refractivity contribution in [3.63, 3.8) is 0 Å². The first-order valence-corrected chi connectivity index (χ1v) is 8.32. The van der Waals surface area contributed by atoms with E-state index < -0.39 is 0 Å². The van der Waals surface area contributed by atoms with Crippen molar-refractivity contribution in [3.8, 4) is 0 Å². The molecule has 132 valence electrons. The molecule has 2 N–H and O–H groups in total. The van der Waals surface area contributed by atoms with Gasteiger partial charge in [0.25, 0.3) is 0 Å². The zero-order valence-electron chi connectivity index (χ0n) is 14.4. The average Bonchev–Trinajstić information content (AvgIpc) is 3.16. The fraction of sp³-hybridized carbons (Fsp3) is 0.706. The van der Waals surface area contributed by atoms with Gasteiger partial charge in [0.1, 0.15) is 5.76 Å². The van der Waals surface area contributed by atoms with Gasteiger partial charge in [0.2, 0.25) is 0 Å². The van der Waals surface area contributed by atoms with Crippen LogP contribution in [-0.2, 0) is 11.2 Å². The van der Waals surface area contributed by atoms with Crippen LogP contribution in [-0.4, -0.2) is 37.3 Å². The van der Waals surface area contributed by atoms with Gasteiger partial charge in [0.05, 0.1) is 18.4 Å². The Morgan fingerprint density at radius 1 is 1.48 bits per heavy atom. The molecule has 0 radical (unpaired) electrons. The molecule has 0 spiro atoms. The topological polar surface area (TPSA) is 58.8 Å². The Kier molecular flexibility index (Phi) is 8.98. The normalized spacial score (nSPS) is 22.5. The Bertz CT molecular complexity index is 456. The minimum absolute atomic E-state index is 0. The molecule has 0 aliphatic carbocycles. The van der Waals surface area contributed by atoms with Crippen LogP contribution < -0.4 is 10.6 Å². The lowest BCUT2D eigenvalue weighted by Gasteiger charge is -2.22. The number of hydrogen-bond acceptors (Lipinski definition) is 3. The molecular formula is C17H30IN3O2. The van der Waals surface area contributed by atoms with Crippen LogP contribution in [0.3, 0.4) is 0 Å². The van der Waals surface area contributed by atoms with E-state index in [4.69, 9.17) is 14.1 Å². The van der Waals surface area contributed by atoms with Crippen LogP contribution in [0, 0.1) is 0 Å². The molecule has 1 saturated heterocycles. The lowest BCUT2D eigenvalue weighted by Crippen LogP contribution is -2.44. The molecule has 0 saturated carbocycles. The highest BCUT2D eigenvalue weighted by Gasteiger charge is 2.29. The minimum atomic E-state index is -0.106. The molecule has 1 aromatic rings. The van der Waals surface area contributed by atoms with Crippen LogP contribution in [0.4, 0.5) is 0 Å². The van der Waals surface area contributed by atoms with E-state index in [1.807, 2.05) is 12.1 Å². The number of nitrogens with zero attached hydrogens (tertiary/aromatic N) is 1. The Hall–Kier alpha value is -0.760. The highest BCUT2D eigenvalue weighted by atomic mass is 127. The zero-order valence-corrected chi connectivity index (χ0v) is 16.8. The number of halogens is 1. The van der Waals surface area contributed by atoms with Gasteiger partial charge >= 0.3 is 0 Å². The standard InChI is InChI=1S/C17H29N3O2.HI/c1-4-14(2)20-16(18-10-8-15-7-5-11-21-15)19-13-17(3)9-6-12-22-17;/h5,7,11,14H,4,6,8-10,12-13H2,1-3H3,(H2,18,19,20);1H. The molecule has 1 aromatic heterocycles. The van der Waals surface area contributed by atoms with E-state index in [0.29, 0.717) is 12.6 Å². The van der Waals surface area contributed by atoms with Gasteiger partial charge in [-0.3, -0.25) is 4.99 Å². The number of rotatable bonds is 7. The van der Waals surface area contributed by atoms with Gasteiger partial charge in [-0.25, -0.2) is 0 Å². The minimum Gasteiger partial charge on any atom is -0.469 e. The van der Waals surface area contributed by atoms with E-state index in [0.717, 1.165) is 50.6 Å². The fourth-order valence-corrected chi connectivity index (χ4v) is 2.45. The van der Waals surface area contributed by atoms with Crippen molar-refractivity contribution in [1.29, 1.82) is 0 Å². The summed E-state index contributed by atoms with van der Waals surface area (Å²) in [7, 11) is 0. The van der Waals surface area contributed by atoms with Crippen LogP contribution >= 0.6 is 24.0 Å². The predicted molar refractivity (Wildman–Crippen MR) is 105 cm³/mol. The summed E-state index contributed by atoms with van der Waals surface area (Å²) in [5.41, 5.74) is -0.106. The van der Waals surface area contributed by atoms with Gasteiger partial charge in [-0.15, -0.1) is 24.0 Å². The van der Waals surface area contributed by atoms with E-state index in [2.05, 4.69) is 31.4 Å². The molecule has 0 bridgehead atoms. The molecular weight excluding hydrogens is 405 g/mol. The SMILES string of the molecule is CCC(C)NC(=NCC1(C)CCCO1)NCCc1ccco1.I. The summed E-state index contributed by atoms with van der Waals surface area (Å²) < 4.78 is 11.2. The molecule has 6 heteroatoms. The predicted octanol–water partition coefficient (Wildman–Crippen LogP) is 3.34. The second-order valence-electron chi connectivity index (χ2n) is 6.28. The van der Waals surface area contributed by atoms with Crippen molar-refractivity contribution in [2.75, 3.05) is 19.7 Å². The molecule has 2 atom stereocenters. The maximum Gasteiger partial charge on any atom is 0.191 e. The van der Waals surface area contributed by atoms with Crippen LogP contribution in [0.1, 0.15) is 45.8 Å². The zero-order chi connectivity index (χ0) is 15.8. The van der Waals surface area contributed by atoms with Crippen molar-refractivity contribution in [3.05, 3.63) is 24.2 Å². The highest BCUT2D eigenvalue weighted by Crippen LogP contribution is 2.24. The second kappa shape index (κ2) is 10.2. The monoisotopic (exact) mass is 435 g/mol. The summed E-state index contributed by atoms with van der Waals surface area (Å²) in [6.45, 7) is 8.82. The van der Waals surface area contributed by atoms with Crippen molar-refractivity contribution in [1.82, 2.24) is 10.6 Å². The Morgan fingerprint density at radius 2 is 2.30 bits per heavy atom. The van der Waals surface area contributed by atoms with E-state index in [-0.39, 0.29) is 29.6 Å². The molecule has 23 heavy (non-hydrogen) atoms. The number of hydrogen-bond donors (Lipinski definition) is 2. The second-order valence-corrected chi connectivity index (χ2v) is 6.28. The van der Waals surface area contributed by atoms with Crippen LogP contribution in [0.15, 0.2) is 27.8 Å². The van der Waals surface area contributed by atoms with Gasteiger partial charge in [-0.2, -0.15) is 0 Å². The Labute approximate surface area is 156 Å². The Morgan fingerprint density at radius 3 is 2.91 bits per heavy atom. The van der Waals surface area contributed by atoms with Gasteiger partial charge in [-0.05, 0) is 45.2 Å². The smallest absolute Gasteiger partial charge is 0.191 e. The third-order valence-corrected chi connectivity index (χ3v) is 4.11. The first-order chi connectivity index (χ1) is 10.6. The quantitative estimate of drug-likeness (QED) is 0.392. The van der Waals surface area contributed by atoms with E-state index >= 15 is 0 Å². The van der Waals surface area contributed by atoms with Gasteiger partial charge < -0.3 is 19.8 Å². The molecule has 0 aromatic carbocycles. The molecule has 1 aliphatic heterocycles. The Balaban J connectivity index is 0.00000264. The lowest BCUT2D eigenvalue weighted by molar-refractivity contribution is 0.0283. The van der Waals surface area contributed by atoms with Crippen LogP contribution in [0.2, 0.25) is 0 Å². The molecule has 1 fully saturated rings. The number of furan rings is 1. The van der Waals surface area contributed by atoms with E-state index in [1.54, 1.807) is 6.26 Å². The van der Waals surface area contributed by atoms with Gasteiger partial charge in [-0.1, -0.05) is 6.92 Å². The third kappa shape index (κ3) is 7.12. The summed E-state index contributed by atoms with van der Waals surface area (Å²) >= 11 is 0. The molecule has 2 unspecified atom stereocenters. The molecule has 0 amide bonds. The summed E-state index contributed by atoms with van der Waals surface area (Å²) in [4.78, 5) is 4.72.